The van der Waals surface area contributed by atoms with E-state index in [0.717, 1.165) is 6.42 Å². The molecule has 0 rings (SSSR count). The van der Waals surface area contributed by atoms with Gasteiger partial charge in [-0.2, -0.15) is 0 Å². The van der Waals surface area contributed by atoms with Crippen LogP contribution in [0.25, 0.3) is 0 Å². The molecule has 0 atom stereocenters. The highest BCUT2D eigenvalue weighted by atomic mass is 14.5. The molecule has 0 bridgehead atoms. The first-order chi connectivity index (χ1) is 4.35. The van der Waals surface area contributed by atoms with E-state index in [-0.39, 0.29) is 0 Å². The SMILES string of the molecule is CC=C(C=CCC)CN. The van der Waals surface area contributed by atoms with Gasteiger partial charge in [-0.1, -0.05) is 25.2 Å². The van der Waals surface area contributed by atoms with Gasteiger partial charge in [0, 0.05) is 6.54 Å². The fourth-order valence-electron chi connectivity index (χ4n) is 0.551. The van der Waals surface area contributed by atoms with Gasteiger partial charge >= 0.3 is 0 Å². The first kappa shape index (κ1) is 8.44. The van der Waals surface area contributed by atoms with Crippen LogP contribution < -0.4 is 5.73 Å². The normalized spacial score (nSPS) is 13.0. The Hall–Kier alpha value is -0.560. The van der Waals surface area contributed by atoms with E-state index in [1.807, 2.05) is 13.0 Å². The molecule has 0 saturated carbocycles. The second-order valence-corrected chi connectivity index (χ2v) is 1.88. The summed E-state index contributed by atoms with van der Waals surface area (Å²) in [5.74, 6) is 0. The van der Waals surface area contributed by atoms with Gasteiger partial charge in [0.25, 0.3) is 0 Å². The van der Waals surface area contributed by atoms with Crippen molar-refractivity contribution in [2.24, 2.45) is 5.73 Å². The van der Waals surface area contributed by atoms with E-state index >= 15 is 0 Å². The molecule has 2 N–H and O–H groups in total. The Balaban J connectivity index is 3.70. The molecule has 0 aromatic heterocycles. The highest BCUT2D eigenvalue weighted by Gasteiger charge is 1.81. The van der Waals surface area contributed by atoms with Gasteiger partial charge < -0.3 is 5.73 Å². The third-order valence-electron chi connectivity index (χ3n) is 1.17. The van der Waals surface area contributed by atoms with Crippen LogP contribution in [0.1, 0.15) is 20.3 Å². The van der Waals surface area contributed by atoms with Crippen LogP contribution in [-0.4, -0.2) is 6.54 Å². The van der Waals surface area contributed by atoms with Crippen LogP contribution in [0.2, 0.25) is 0 Å². The average Bonchev–Trinajstić information content (AvgIpc) is 1.91. The Morgan fingerprint density at radius 1 is 1.56 bits per heavy atom. The molecule has 0 unspecified atom stereocenters. The van der Waals surface area contributed by atoms with Crippen molar-refractivity contribution in [3.8, 4) is 0 Å². The predicted molar refractivity (Wildman–Crippen MR) is 42.2 cm³/mol. The topological polar surface area (TPSA) is 26.0 Å². The molecule has 9 heavy (non-hydrogen) atoms. The molecule has 0 amide bonds. The molecule has 0 aliphatic heterocycles. The van der Waals surface area contributed by atoms with Crippen molar-refractivity contribution in [1.29, 1.82) is 0 Å². The monoisotopic (exact) mass is 125 g/mol. The van der Waals surface area contributed by atoms with Gasteiger partial charge in [0.2, 0.25) is 0 Å². The molecule has 0 spiro atoms. The standard InChI is InChI=1S/C8H15N/c1-3-5-6-8(4-2)7-9/h4-6H,3,7,9H2,1-2H3. The smallest absolute Gasteiger partial charge is 0.0174 e. The zero-order chi connectivity index (χ0) is 7.11. The second kappa shape index (κ2) is 5.57. The molecule has 0 aliphatic carbocycles. The van der Waals surface area contributed by atoms with Gasteiger partial charge in [0.1, 0.15) is 0 Å². The van der Waals surface area contributed by atoms with E-state index in [2.05, 4.69) is 19.1 Å². The van der Waals surface area contributed by atoms with Crippen LogP contribution >= 0.6 is 0 Å². The fraction of sp³-hybridized carbons (Fsp3) is 0.500. The van der Waals surface area contributed by atoms with Crippen LogP contribution in [0.5, 0.6) is 0 Å². The Morgan fingerprint density at radius 3 is 2.56 bits per heavy atom. The van der Waals surface area contributed by atoms with Crippen molar-refractivity contribution in [1.82, 2.24) is 0 Å². The fourth-order valence-corrected chi connectivity index (χ4v) is 0.551. The number of hydrogen-bond donors (Lipinski definition) is 1. The zero-order valence-electron chi connectivity index (χ0n) is 6.22. The number of allylic oxidation sites excluding steroid dienone is 2. The highest BCUT2D eigenvalue weighted by molar-refractivity contribution is 5.18. The molecule has 1 nitrogen and oxygen atoms in total. The summed E-state index contributed by atoms with van der Waals surface area (Å²) in [4.78, 5) is 0. The van der Waals surface area contributed by atoms with Crippen molar-refractivity contribution in [3.63, 3.8) is 0 Å². The van der Waals surface area contributed by atoms with Gasteiger partial charge in [-0.15, -0.1) is 0 Å². The van der Waals surface area contributed by atoms with Gasteiger partial charge in [-0.05, 0) is 18.9 Å². The van der Waals surface area contributed by atoms with E-state index < -0.39 is 0 Å². The Morgan fingerprint density at radius 2 is 2.22 bits per heavy atom. The molecule has 1 heteroatoms. The summed E-state index contributed by atoms with van der Waals surface area (Å²) >= 11 is 0. The Bertz CT molecular complexity index is 112. The van der Waals surface area contributed by atoms with Crippen LogP contribution in [0.4, 0.5) is 0 Å². The second-order valence-electron chi connectivity index (χ2n) is 1.88. The highest BCUT2D eigenvalue weighted by Crippen LogP contribution is 1.93. The van der Waals surface area contributed by atoms with Gasteiger partial charge in [-0.3, -0.25) is 0 Å². The van der Waals surface area contributed by atoms with Crippen molar-refractivity contribution >= 4 is 0 Å². The van der Waals surface area contributed by atoms with E-state index in [1.54, 1.807) is 0 Å². The molecule has 0 radical (unpaired) electrons. The molecule has 0 fully saturated rings. The molecule has 0 aromatic carbocycles. The summed E-state index contributed by atoms with van der Waals surface area (Å²) < 4.78 is 0. The lowest BCUT2D eigenvalue weighted by molar-refractivity contribution is 1.16. The Labute approximate surface area is 57.3 Å². The molecule has 0 aromatic rings. The maximum absolute atomic E-state index is 5.40. The lowest BCUT2D eigenvalue weighted by Crippen LogP contribution is -1.99. The molecular formula is C8H15N. The first-order valence-corrected chi connectivity index (χ1v) is 3.37. The maximum atomic E-state index is 5.40. The van der Waals surface area contributed by atoms with E-state index in [1.165, 1.54) is 5.57 Å². The predicted octanol–water partition coefficient (Wildman–Crippen LogP) is 1.86. The van der Waals surface area contributed by atoms with Crippen LogP contribution in [-0.2, 0) is 0 Å². The number of hydrogen-bond acceptors (Lipinski definition) is 1. The summed E-state index contributed by atoms with van der Waals surface area (Å²) in [6.45, 7) is 4.76. The van der Waals surface area contributed by atoms with Crippen molar-refractivity contribution in [2.45, 2.75) is 20.3 Å². The van der Waals surface area contributed by atoms with Crippen molar-refractivity contribution in [2.75, 3.05) is 6.54 Å². The van der Waals surface area contributed by atoms with Gasteiger partial charge in [0.05, 0.1) is 0 Å². The molecule has 0 aliphatic rings. The van der Waals surface area contributed by atoms with Crippen LogP contribution in [0.3, 0.4) is 0 Å². The number of rotatable bonds is 3. The minimum Gasteiger partial charge on any atom is -0.327 e. The minimum absolute atomic E-state index is 0.646. The number of nitrogens with two attached hydrogens (primary N) is 1. The summed E-state index contributed by atoms with van der Waals surface area (Å²) in [5.41, 5.74) is 6.61. The van der Waals surface area contributed by atoms with Gasteiger partial charge in [0.15, 0.2) is 0 Å². The average molecular weight is 125 g/mol. The zero-order valence-corrected chi connectivity index (χ0v) is 6.22. The maximum Gasteiger partial charge on any atom is 0.0174 e. The molecule has 0 heterocycles. The molecule has 0 saturated heterocycles. The van der Waals surface area contributed by atoms with E-state index in [9.17, 15) is 0 Å². The Kier molecular flexibility index (Phi) is 5.23. The van der Waals surface area contributed by atoms with Crippen LogP contribution in [0.15, 0.2) is 23.8 Å². The van der Waals surface area contributed by atoms with Crippen molar-refractivity contribution in [3.05, 3.63) is 23.8 Å². The molecular weight excluding hydrogens is 110 g/mol. The quantitative estimate of drug-likeness (QED) is 0.572. The minimum atomic E-state index is 0.646. The lowest BCUT2D eigenvalue weighted by atomic mass is 10.2. The summed E-state index contributed by atoms with van der Waals surface area (Å²) in [5, 5.41) is 0. The van der Waals surface area contributed by atoms with Crippen LogP contribution in [0, 0.1) is 0 Å². The third kappa shape index (κ3) is 3.98. The largest absolute Gasteiger partial charge is 0.327 e. The third-order valence-corrected chi connectivity index (χ3v) is 1.17. The lowest BCUT2D eigenvalue weighted by Gasteiger charge is -1.91. The summed E-state index contributed by atoms with van der Waals surface area (Å²) in [7, 11) is 0. The van der Waals surface area contributed by atoms with E-state index in [4.69, 9.17) is 5.73 Å². The van der Waals surface area contributed by atoms with Gasteiger partial charge in [-0.25, -0.2) is 0 Å². The molecule has 52 valence electrons. The summed E-state index contributed by atoms with van der Waals surface area (Å²) in [6.07, 6.45) is 7.30. The van der Waals surface area contributed by atoms with E-state index in [0.29, 0.717) is 6.54 Å². The summed E-state index contributed by atoms with van der Waals surface area (Å²) in [6, 6.07) is 0. The first-order valence-electron chi connectivity index (χ1n) is 3.37. The van der Waals surface area contributed by atoms with Crippen molar-refractivity contribution < 1.29 is 0 Å².